The molecular formula is C14H15ClINO3. The molecule has 1 aromatic carbocycles. The Kier molecular flexibility index (Phi) is 4.59. The van der Waals surface area contributed by atoms with Gasteiger partial charge in [-0.1, -0.05) is 18.5 Å². The maximum Gasteiger partial charge on any atom is 0.311 e. The van der Waals surface area contributed by atoms with E-state index in [1.807, 2.05) is 6.92 Å². The molecular weight excluding hydrogens is 393 g/mol. The van der Waals surface area contributed by atoms with Crippen LogP contribution in [0.4, 0.5) is 0 Å². The highest BCUT2D eigenvalue weighted by Crippen LogP contribution is 2.35. The summed E-state index contributed by atoms with van der Waals surface area (Å²) < 4.78 is 0.885. The molecule has 1 aliphatic rings. The van der Waals surface area contributed by atoms with E-state index >= 15 is 0 Å². The van der Waals surface area contributed by atoms with Gasteiger partial charge in [0, 0.05) is 22.2 Å². The molecule has 1 N–H and O–H groups in total. The second kappa shape index (κ2) is 5.89. The Bertz CT molecular complexity index is 563. The van der Waals surface area contributed by atoms with E-state index in [1.165, 1.54) is 0 Å². The Morgan fingerprint density at radius 1 is 1.50 bits per heavy atom. The zero-order valence-electron chi connectivity index (χ0n) is 11.0. The molecule has 0 spiro atoms. The van der Waals surface area contributed by atoms with Crippen molar-refractivity contribution in [3.8, 4) is 0 Å². The van der Waals surface area contributed by atoms with Crippen LogP contribution in [0.15, 0.2) is 18.2 Å². The van der Waals surface area contributed by atoms with Crippen LogP contribution in [0.2, 0.25) is 5.02 Å². The maximum absolute atomic E-state index is 12.4. The van der Waals surface area contributed by atoms with Crippen molar-refractivity contribution in [2.24, 2.45) is 5.41 Å². The van der Waals surface area contributed by atoms with Crippen molar-refractivity contribution < 1.29 is 14.7 Å². The normalized spacial score (nSPS) is 22.1. The third kappa shape index (κ3) is 2.79. The molecule has 0 bridgehead atoms. The number of carboxylic acid groups (broad SMARTS) is 1. The molecule has 1 unspecified atom stereocenters. The number of hydrogen-bond donors (Lipinski definition) is 1. The lowest BCUT2D eigenvalue weighted by atomic mass is 9.84. The highest BCUT2D eigenvalue weighted by atomic mass is 127. The first-order valence-corrected chi connectivity index (χ1v) is 7.83. The second-order valence-electron chi connectivity index (χ2n) is 5.04. The van der Waals surface area contributed by atoms with Crippen molar-refractivity contribution in [3.05, 3.63) is 32.4 Å². The lowest BCUT2D eigenvalue weighted by Gasteiger charge is -2.23. The Balaban J connectivity index is 2.19. The van der Waals surface area contributed by atoms with E-state index in [4.69, 9.17) is 11.6 Å². The number of halogens is 2. The first-order chi connectivity index (χ1) is 9.39. The minimum Gasteiger partial charge on any atom is -0.481 e. The second-order valence-corrected chi connectivity index (χ2v) is 6.61. The van der Waals surface area contributed by atoms with Crippen molar-refractivity contribution in [1.82, 2.24) is 4.90 Å². The number of likely N-dealkylation sites (tertiary alicyclic amines) is 1. The smallest absolute Gasteiger partial charge is 0.311 e. The van der Waals surface area contributed by atoms with E-state index in [-0.39, 0.29) is 12.5 Å². The van der Waals surface area contributed by atoms with Gasteiger partial charge in [-0.2, -0.15) is 0 Å². The molecule has 1 heterocycles. The van der Waals surface area contributed by atoms with E-state index in [0.717, 1.165) is 3.57 Å². The lowest BCUT2D eigenvalue weighted by Crippen LogP contribution is -2.36. The Morgan fingerprint density at radius 3 is 2.70 bits per heavy atom. The molecule has 1 amide bonds. The highest BCUT2D eigenvalue weighted by molar-refractivity contribution is 14.1. The van der Waals surface area contributed by atoms with Gasteiger partial charge in [-0.25, -0.2) is 0 Å². The molecule has 0 radical (unpaired) electrons. The van der Waals surface area contributed by atoms with Gasteiger partial charge in [0.25, 0.3) is 5.91 Å². The summed E-state index contributed by atoms with van der Waals surface area (Å²) in [5.74, 6) is -0.976. The molecule has 108 valence electrons. The Morgan fingerprint density at radius 2 is 2.20 bits per heavy atom. The van der Waals surface area contributed by atoms with Gasteiger partial charge < -0.3 is 10.0 Å². The maximum atomic E-state index is 12.4. The van der Waals surface area contributed by atoms with Crippen molar-refractivity contribution in [3.63, 3.8) is 0 Å². The molecule has 1 aliphatic heterocycles. The van der Waals surface area contributed by atoms with Crippen LogP contribution in [-0.4, -0.2) is 35.0 Å². The van der Waals surface area contributed by atoms with Gasteiger partial charge in [0.15, 0.2) is 0 Å². The molecule has 1 fully saturated rings. The van der Waals surface area contributed by atoms with E-state index in [0.29, 0.717) is 30.0 Å². The van der Waals surface area contributed by atoms with E-state index < -0.39 is 11.4 Å². The summed E-state index contributed by atoms with van der Waals surface area (Å²) in [6, 6.07) is 5.15. The first kappa shape index (κ1) is 15.6. The molecule has 0 aliphatic carbocycles. The van der Waals surface area contributed by atoms with Crippen LogP contribution in [0.1, 0.15) is 30.1 Å². The zero-order chi connectivity index (χ0) is 14.9. The number of carbonyl (C=O) groups is 2. The Labute approximate surface area is 136 Å². The predicted molar refractivity (Wildman–Crippen MR) is 85.0 cm³/mol. The average Bonchev–Trinajstić information content (AvgIpc) is 2.87. The zero-order valence-corrected chi connectivity index (χ0v) is 13.9. The lowest BCUT2D eigenvalue weighted by molar-refractivity contribution is -0.148. The van der Waals surface area contributed by atoms with Gasteiger partial charge in [-0.05, 0) is 53.6 Å². The number of nitrogens with zero attached hydrogens (tertiary/aromatic N) is 1. The number of hydrogen-bond acceptors (Lipinski definition) is 2. The summed E-state index contributed by atoms with van der Waals surface area (Å²) in [7, 11) is 0. The van der Waals surface area contributed by atoms with Crippen LogP contribution < -0.4 is 0 Å². The molecule has 2 rings (SSSR count). The third-order valence-electron chi connectivity index (χ3n) is 3.94. The number of benzene rings is 1. The fraction of sp³-hybridized carbons (Fsp3) is 0.429. The van der Waals surface area contributed by atoms with Gasteiger partial charge >= 0.3 is 5.97 Å². The Hall–Kier alpha value is -0.820. The fourth-order valence-electron chi connectivity index (χ4n) is 2.47. The van der Waals surface area contributed by atoms with Gasteiger partial charge in [0.2, 0.25) is 0 Å². The summed E-state index contributed by atoms with van der Waals surface area (Å²) in [4.78, 5) is 25.4. The standard InChI is InChI=1S/C14H15ClINO3/c1-2-14(13(19)20)5-6-17(8-14)12(18)9-3-4-11(16)10(15)7-9/h3-4,7H,2,5-6,8H2,1H3,(H,19,20). The van der Waals surface area contributed by atoms with Crippen molar-refractivity contribution in [1.29, 1.82) is 0 Å². The number of carboxylic acids is 1. The molecule has 6 heteroatoms. The molecule has 0 aromatic heterocycles. The van der Waals surface area contributed by atoms with Crippen LogP contribution in [0, 0.1) is 8.99 Å². The van der Waals surface area contributed by atoms with Crippen molar-refractivity contribution in [2.45, 2.75) is 19.8 Å². The van der Waals surface area contributed by atoms with Crippen LogP contribution >= 0.6 is 34.2 Å². The largest absolute Gasteiger partial charge is 0.481 e. The van der Waals surface area contributed by atoms with E-state index in [1.54, 1.807) is 23.1 Å². The monoisotopic (exact) mass is 407 g/mol. The highest BCUT2D eigenvalue weighted by Gasteiger charge is 2.44. The molecule has 1 atom stereocenters. The summed E-state index contributed by atoms with van der Waals surface area (Å²) in [5, 5.41) is 9.89. The van der Waals surface area contributed by atoms with Gasteiger partial charge in [-0.3, -0.25) is 9.59 Å². The molecule has 4 nitrogen and oxygen atoms in total. The fourth-order valence-corrected chi connectivity index (χ4v) is 2.99. The van der Waals surface area contributed by atoms with Crippen molar-refractivity contribution >= 4 is 46.1 Å². The van der Waals surface area contributed by atoms with Crippen LogP contribution in [0.25, 0.3) is 0 Å². The van der Waals surface area contributed by atoms with Gasteiger partial charge in [0.05, 0.1) is 10.4 Å². The first-order valence-electron chi connectivity index (χ1n) is 6.37. The quantitative estimate of drug-likeness (QED) is 0.783. The van der Waals surface area contributed by atoms with Gasteiger partial charge in [-0.15, -0.1) is 0 Å². The number of rotatable bonds is 3. The summed E-state index contributed by atoms with van der Waals surface area (Å²) in [6.07, 6.45) is 1.03. The molecule has 20 heavy (non-hydrogen) atoms. The molecule has 1 aromatic rings. The van der Waals surface area contributed by atoms with Crippen LogP contribution in [0.5, 0.6) is 0 Å². The summed E-state index contributed by atoms with van der Waals surface area (Å²) >= 11 is 8.12. The minimum atomic E-state index is -0.823. The predicted octanol–water partition coefficient (Wildman–Crippen LogP) is 3.27. The van der Waals surface area contributed by atoms with E-state index in [9.17, 15) is 14.7 Å². The summed E-state index contributed by atoms with van der Waals surface area (Å²) in [6.45, 7) is 2.59. The van der Waals surface area contributed by atoms with Crippen LogP contribution in [0.3, 0.4) is 0 Å². The average molecular weight is 408 g/mol. The van der Waals surface area contributed by atoms with E-state index in [2.05, 4.69) is 22.6 Å². The SMILES string of the molecule is CCC1(C(=O)O)CCN(C(=O)c2ccc(I)c(Cl)c2)C1. The summed E-state index contributed by atoms with van der Waals surface area (Å²) in [5.41, 5.74) is -0.296. The number of aliphatic carboxylic acids is 1. The van der Waals surface area contributed by atoms with Crippen LogP contribution in [-0.2, 0) is 4.79 Å². The third-order valence-corrected chi connectivity index (χ3v) is 5.51. The minimum absolute atomic E-state index is 0.153. The van der Waals surface area contributed by atoms with Gasteiger partial charge in [0.1, 0.15) is 0 Å². The molecule has 1 saturated heterocycles. The number of carbonyl (C=O) groups excluding carboxylic acids is 1. The topological polar surface area (TPSA) is 57.6 Å². The molecule has 0 saturated carbocycles. The van der Waals surface area contributed by atoms with Crippen molar-refractivity contribution in [2.75, 3.05) is 13.1 Å². The number of amides is 1.